The maximum absolute atomic E-state index is 10.1. The monoisotopic (exact) mass is 724 g/mol. The third-order valence-electron chi connectivity index (χ3n) is 7.88. The van der Waals surface area contributed by atoms with Crippen LogP contribution in [0.3, 0.4) is 0 Å². The van der Waals surface area contributed by atoms with Crippen LogP contribution in [0, 0.1) is 0 Å². The van der Waals surface area contributed by atoms with E-state index in [1.165, 1.54) is 0 Å². The number of rotatable bonds is 7. The van der Waals surface area contributed by atoms with Gasteiger partial charge in [-0.1, -0.05) is 157 Å². The van der Waals surface area contributed by atoms with Crippen molar-refractivity contribution in [1.82, 2.24) is 0 Å². The fraction of sp³-hybridized carbons (Fsp3) is 0. The summed E-state index contributed by atoms with van der Waals surface area (Å²) in [6.07, 6.45) is 0. The lowest BCUT2D eigenvalue weighted by atomic mass is 9.95. The summed E-state index contributed by atoms with van der Waals surface area (Å²) in [6, 6.07) is -38.9. The zero-order valence-corrected chi connectivity index (χ0v) is 26.9. The molecule has 9 aromatic carbocycles. The molecule has 0 aliphatic rings. The van der Waals surface area contributed by atoms with Gasteiger partial charge in [0.15, 0.2) is 0 Å². The second-order valence-electron chi connectivity index (χ2n) is 11.0. The summed E-state index contributed by atoms with van der Waals surface area (Å²) in [7, 11) is 0. The third-order valence-corrected chi connectivity index (χ3v) is 7.88. The molecule has 10 rings (SSSR count). The second kappa shape index (κ2) is 13.4. The third kappa shape index (κ3) is 5.71. The molecule has 0 saturated heterocycles. The van der Waals surface area contributed by atoms with Crippen molar-refractivity contribution in [3.05, 3.63) is 211 Å². The van der Waals surface area contributed by atoms with Gasteiger partial charge in [-0.05, 0) is 98.2 Å². The van der Waals surface area contributed by atoms with Gasteiger partial charge >= 0.3 is 0 Å². The quantitative estimate of drug-likeness (QED) is 0.163. The molecule has 10 aromatic rings. The molecule has 0 atom stereocenters. The van der Waals surface area contributed by atoms with Gasteiger partial charge in [-0.2, -0.15) is 0 Å². The van der Waals surface area contributed by atoms with Gasteiger partial charge in [0.25, 0.3) is 0 Å². The zero-order valence-electron chi connectivity index (χ0n) is 61.9. The maximum Gasteiger partial charge on any atom is 0.143 e. The first-order chi connectivity index (χ1) is 41.4. The van der Waals surface area contributed by atoms with E-state index in [0.29, 0.717) is 0 Å². The Balaban J connectivity index is 1.50. The average Bonchev–Trinajstić information content (AvgIpc) is 1.72. The Morgan fingerprint density at radius 3 is 1.39 bits per heavy atom. The first-order valence-electron chi connectivity index (χ1n) is 33.1. The SMILES string of the molecule is [2H]c1c([2H])c([2H])c(-c2c([2H])c([2H])c(N(c3c([2H])c(-c4c([2H])c([2H])c([2H])c([2H])c4[2H])c([2H])c(-c4c([2H])c([2H])c([2H])c([2H])c4[2H])c3[2H])c3c([2H])c([2H])c4c(oc5c6c([2H])c([2H])c([2H])c([2H])c6c(-c6c([2H])c([2H])c([2H])c([2H])c6[2H])c([2H])c54)c3[2H])c([2H])c2[2H])c([2H])c1[2H]. The van der Waals surface area contributed by atoms with Crippen molar-refractivity contribution in [2.24, 2.45) is 0 Å². The van der Waals surface area contributed by atoms with Crippen LogP contribution in [-0.2, 0) is 0 Å². The largest absolute Gasteiger partial charge is 0.455 e. The molecule has 0 N–H and O–H groups in total. The molecular weight excluding hydrogens is 655 g/mol. The van der Waals surface area contributed by atoms with Crippen LogP contribution in [0.1, 0.15) is 48.0 Å². The van der Waals surface area contributed by atoms with Crippen LogP contribution >= 0.6 is 0 Å². The van der Waals surface area contributed by atoms with Gasteiger partial charge in [0.05, 0.1) is 48.0 Å². The van der Waals surface area contributed by atoms with Crippen molar-refractivity contribution in [3.63, 3.8) is 0 Å². The predicted molar refractivity (Wildman–Crippen MR) is 228 cm³/mol. The standard InChI is InChI=1S/C52H35NO/c1-5-15-36(16-6-1)39-25-27-43(28-26-39)53(45-32-41(37-17-7-2-8-18-37)31-42(33-45)38-19-9-3-10-20-38)44-29-30-47-50-35-49(40-21-11-4-12-22-40)46-23-13-14-24-48(46)52(50)54-51(47)34-44/h1-35H/i1D,2D,3D,4D,5D,6D,7D,8D,9D,10D,11D,12D,13D,14D,15D,16D,17D,18D,19D,20D,21D,22D,23D,24D,25D,26D,27D,28D,29D,30D,31D,32D,33D,34D,35D. The summed E-state index contributed by atoms with van der Waals surface area (Å²) in [6.45, 7) is 0. The van der Waals surface area contributed by atoms with Gasteiger partial charge < -0.3 is 9.32 Å². The first kappa shape index (κ1) is 11.9. The zero-order chi connectivity index (χ0) is 66.3. The van der Waals surface area contributed by atoms with E-state index < -0.39 is 306 Å². The summed E-state index contributed by atoms with van der Waals surface area (Å²) < 4.78 is 322. The van der Waals surface area contributed by atoms with E-state index in [-0.39, 0.29) is 4.90 Å². The lowest BCUT2D eigenvalue weighted by molar-refractivity contribution is 0.673. The Bertz CT molecular complexity index is 4730. The smallest absolute Gasteiger partial charge is 0.143 e. The molecule has 1 heterocycles. The van der Waals surface area contributed by atoms with Gasteiger partial charge in [0.1, 0.15) is 11.2 Å². The molecule has 0 aliphatic heterocycles. The predicted octanol–water partition coefficient (Wildman–Crippen LogP) is 14.9. The van der Waals surface area contributed by atoms with Crippen molar-refractivity contribution in [2.75, 3.05) is 4.90 Å². The van der Waals surface area contributed by atoms with Crippen molar-refractivity contribution in [3.8, 4) is 44.5 Å². The van der Waals surface area contributed by atoms with Crippen molar-refractivity contribution in [1.29, 1.82) is 0 Å². The van der Waals surface area contributed by atoms with Crippen LogP contribution in [0.5, 0.6) is 0 Å². The van der Waals surface area contributed by atoms with Gasteiger partial charge in [-0.3, -0.25) is 0 Å². The summed E-state index contributed by atoms with van der Waals surface area (Å²) >= 11 is 0. The van der Waals surface area contributed by atoms with Crippen LogP contribution in [0.25, 0.3) is 77.2 Å². The van der Waals surface area contributed by atoms with E-state index in [0.717, 1.165) is 0 Å². The molecule has 254 valence electrons. The van der Waals surface area contributed by atoms with E-state index in [1.807, 2.05) is 0 Å². The summed E-state index contributed by atoms with van der Waals surface area (Å²) in [5, 5.41) is -2.86. The molecule has 2 nitrogen and oxygen atoms in total. The molecule has 2 heteroatoms. The van der Waals surface area contributed by atoms with E-state index in [2.05, 4.69) is 0 Å². The van der Waals surface area contributed by atoms with Crippen molar-refractivity contribution in [2.45, 2.75) is 0 Å². The first-order valence-corrected chi connectivity index (χ1v) is 15.6. The Morgan fingerprint density at radius 2 is 0.796 bits per heavy atom. The lowest BCUT2D eigenvalue weighted by Crippen LogP contribution is -2.10. The molecule has 0 unspecified atom stereocenters. The highest BCUT2D eigenvalue weighted by molar-refractivity contribution is 6.19. The highest BCUT2D eigenvalue weighted by Crippen LogP contribution is 2.44. The van der Waals surface area contributed by atoms with E-state index in [9.17, 15) is 16.4 Å². The topological polar surface area (TPSA) is 16.4 Å². The summed E-state index contributed by atoms with van der Waals surface area (Å²) in [5.74, 6) is 0. The van der Waals surface area contributed by atoms with Crippen LogP contribution < -0.4 is 4.90 Å². The Kier molecular flexibility index (Phi) is 2.97. The summed E-state index contributed by atoms with van der Waals surface area (Å²) in [4.78, 5) is 0.244. The van der Waals surface area contributed by atoms with E-state index in [4.69, 9.17) is 35.9 Å². The van der Waals surface area contributed by atoms with Gasteiger partial charge in [0, 0.05) is 39.3 Å². The summed E-state index contributed by atoms with van der Waals surface area (Å²) in [5.41, 5.74) is -13.4. The molecule has 54 heavy (non-hydrogen) atoms. The minimum absolute atomic E-state index is 0.244. The molecule has 0 amide bonds. The second-order valence-corrected chi connectivity index (χ2v) is 11.0. The minimum atomic E-state index is -1.39. The van der Waals surface area contributed by atoms with Gasteiger partial charge in [0.2, 0.25) is 0 Å². The molecule has 0 spiro atoms. The van der Waals surface area contributed by atoms with E-state index in [1.54, 1.807) is 0 Å². The van der Waals surface area contributed by atoms with Crippen LogP contribution in [-0.4, -0.2) is 0 Å². The minimum Gasteiger partial charge on any atom is -0.455 e. The van der Waals surface area contributed by atoms with Crippen LogP contribution in [0.2, 0.25) is 0 Å². The molecule has 0 radical (unpaired) electrons. The number of fused-ring (bicyclic) bond motifs is 5. The van der Waals surface area contributed by atoms with Gasteiger partial charge in [-0.15, -0.1) is 0 Å². The lowest BCUT2D eigenvalue weighted by Gasteiger charge is -2.27. The number of hydrogen-bond donors (Lipinski definition) is 0. The van der Waals surface area contributed by atoms with Crippen molar-refractivity contribution >= 4 is 49.8 Å². The highest BCUT2D eigenvalue weighted by atomic mass is 16.3. The highest BCUT2D eigenvalue weighted by Gasteiger charge is 2.20. The van der Waals surface area contributed by atoms with Crippen molar-refractivity contribution < 1.29 is 52.4 Å². The van der Waals surface area contributed by atoms with Crippen LogP contribution in [0.4, 0.5) is 17.1 Å². The van der Waals surface area contributed by atoms with Crippen LogP contribution in [0.15, 0.2) is 216 Å². The molecule has 0 bridgehead atoms. The average molecular weight is 725 g/mol. The number of anilines is 3. The molecular formula is C52H35NO. The molecule has 0 saturated carbocycles. The molecule has 0 fully saturated rings. The fourth-order valence-electron chi connectivity index (χ4n) is 5.55. The number of nitrogens with zero attached hydrogens (tertiary/aromatic N) is 1. The number of furan rings is 1. The number of benzene rings is 9. The molecule has 0 aliphatic carbocycles. The number of hydrogen-bond acceptors (Lipinski definition) is 2. The maximum atomic E-state index is 10.1. The van der Waals surface area contributed by atoms with E-state index >= 15 is 0 Å². The Hall–Kier alpha value is -7.16. The Morgan fingerprint density at radius 1 is 0.315 bits per heavy atom. The Labute approximate surface area is 364 Å². The normalized spacial score (nSPS) is 20.4. The fourth-order valence-corrected chi connectivity index (χ4v) is 5.55. The van der Waals surface area contributed by atoms with Gasteiger partial charge in [-0.25, -0.2) is 0 Å². The molecule has 1 aromatic heterocycles.